The SMILES string of the molecule is O=C(NCCn1cc(SCC(=O)N2CCCCCC2)c2ccccc21)c1ccc2ccccc2c1. The molecule has 3 aromatic carbocycles. The maximum absolute atomic E-state index is 12.8. The van der Waals surface area contributed by atoms with Gasteiger partial charge in [0.05, 0.1) is 5.75 Å². The monoisotopic (exact) mass is 485 g/mol. The number of amides is 2. The van der Waals surface area contributed by atoms with E-state index in [0.717, 1.165) is 52.5 Å². The van der Waals surface area contributed by atoms with Crippen LogP contribution in [0.3, 0.4) is 0 Å². The molecule has 5 rings (SSSR count). The molecule has 1 aliphatic heterocycles. The average molecular weight is 486 g/mol. The minimum absolute atomic E-state index is 0.0649. The van der Waals surface area contributed by atoms with Gasteiger partial charge in [-0.15, -0.1) is 11.8 Å². The van der Waals surface area contributed by atoms with Crippen molar-refractivity contribution in [3.05, 3.63) is 78.5 Å². The van der Waals surface area contributed by atoms with E-state index in [-0.39, 0.29) is 11.8 Å². The number of hydrogen-bond acceptors (Lipinski definition) is 3. The number of nitrogens with one attached hydrogen (secondary N) is 1. The van der Waals surface area contributed by atoms with Gasteiger partial charge in [0.1, 0.15) is 0 Å². The van der Waals surface area contributed by atoms with Crippen LogP contribution in [0.15, 0.2) is 77.8 Å². The normalized spacial score (nSPS) is 14.2. The Balaban J connectivity index is 1.22. The highest BCUT2D eigenvalue weighted by Gasteiger charge is 2.17. The number of rotatable bonds is 7. The first-order valence-corrected chi connectivity index (χ1v) is 13.4. The minimum Gasteiger partial charge on any atom is -0.350 e. The summed E-state index contributed by atoms with van der Waals surface area (Å²) in [6.45, 7) is 2.97. The number of benzene rings is 3. The molecule has 1 N–H and O–H groups in total. The maximum atomic E-state index is 12.8. The van der Waals surface area contributed by atoms with E-state index in [0.29, 0.717) is 24.4 Å². The fourth-order valence-electron chi connectivity index (χ4n) is 4.79. The van der Waals surface area contributed by atoms with Crippen LogP contribution in [0.4, 0.5) is 0 Å². The van der Waals surface area contributed by atoms with Crippen LogP contribution in [-0.2, 0) is 11.3 Å². The first kappa shape index (κ1) is 23.5. The van der Waals surface area contributed by atoms with Crippen molar-refractivity contribution in [3.63, 3.8) is 0 Å². The van der Waals surface area contributed by atoms with Crippen LogP contribution in [0.25, 0.3) is 21.7 Å². The van der Waals surface area contributed by atoms with Crippen molar-refractivity contribution in [1.29, 1.82) is 0 Å². The van der Waals surface area contributed by atoms with Crippen LogP contribution in [0.5, 0.6) is 0 Å². The van der Waals surface area contributed by atoms with E-state index in [9.17, 15) is 9.59 Å². The Morgan fingerprint density at radius 3 is 2.43 bits per heavy atom. The van der Waals surface area contributed by atoms with E-state index in [2.05, 4.69) is 28.2 Å². The zero-order valence-corrected chi connectivity index (χ0v) is 20.7. The van der Waals surface area contributed by atoms with Crippen molar-refractivity contribution in [2.75, 3.05) is 25.4 Å². The predicted octanol–water partition coefficient (Wildman–Crippen LogP) is 5.72. The first-order chi connectivity index (χ1) is 17.2. The lowest BCUT2D eigenvalue weighted by atomic mass is 10.1. The second kappa shape index (κ2) is 11.0. The number of para-hydroxylation sites is 1. The van der Waals surface area contributed by atoms with Crippen molar-refractivity contribution in [3.8, 4) is 0 Å². The summed E-state index contributed by atoms with van der Waals surface area (Å²) in [6.07, 6.45) is 6.79. The maximum Gasteiger partial charge on any atom is 0.251 e. The van der Waals surface area contributed by atoms with Crippen molar-refractivity contribution in [2.24, 2.45) is 0 Å². The number of carbonyl (C=O) groups is 2. The number of aromatic nitrogens is 1. The molecule has 5 nitrogen and oxygen atoms in total. The quantitative estimate of drug-likeness (QED) is 0.341. The standard InChI is InChI=1S/C29H31N3O2S/c33-28(31-16-7-1-2-8-17-31)21-35-27-20-32(26-12-6-5-11-25(26)27)18-15-30-29(34)24-14-13-22-9-3-4-10-23(22)19-24/h3-6,9-14,19-20H,1-2,7-8,15-18,21H2,(H,30,34). The third-order valence-corrected chi connectivity index (χ3v) is 7.74. The van der Waals surface area contributed by atoms with Crippen LogP contribution in [0.1, 0.15) is 36.0 Å². The molecular weight excluding hydrogens is 454 g/mol. The fraction of sp³-hybridized carbons (Fsp3) is 0.310. The van der Waals surface area contributed by atoms with Crippen LogP contribution in [0.2, 0.25) is 0 Å². The van der Waals surface area contributed by atoms with Crippen molar-refractivity contribution in [1.82, 2.24) is 14.8 Å². The van der Waals surface area contributed by atoms with E-state index >= 15 is 0 Å². The summed E-state index contributed by atoms with van der Waals surface area (Å²) in [5, 5.41) is 6.40. The summed E-state index contributed by atoms with van der Waals surface area (Å²) >= 11 is 1.62. The highest BCUT2D eigenvalue weighted by atomic mass is 32.2. The van der Waals surface area contributed by atoms with Crippen LogP contribution in [-0.4, -0.2) is 46.7 Å². The molecule has 0 aliphatic carbocycles. The molecular formula is C29H31N3O2S. The Morgan fingerprint density at radius 1 is 0.857 bits per heavy atom. The number of hydrogen-bond donors (Lipinski definition) is 1. The molecule has 1 saturated heterocycles. The lowest BCUT2D eigenvalue weighted by Crippen LogP contribution is -2.33. The smallest absolute Gasteiger partial charge is 0.251 e. The summed E-state index contributed by atoms with van der Waals surface area (Å²) in [7, 11) is 0. The van der Waals surface area contributed by atoms with Crippen molar-refractivity contribution >= 4 is 45.3 Å². The molecule has 0 radical (unpaired) electrons. The molecule has 0 atom stereocenters. The Kier molecular flexibility index (Phi) is 7.38. The van der Waals surface area contributed by atoms with Gasteiger partial charge in [0.15, 0.2) is 0 Å². The second-order valence-corrected chi connectivity index (χ2v) is 10.1. The molecule has 1 aromatic heterocycles. The molecule has 0 saturated carbocycles. The molecule has 1 fully saturated rings. The number of carbonyl (C=O) groups excluding carboxylic acids is 2. The molecule has 0 spiro atoms. The Bertz CT molecular complexity index is 1340. The van der Waals surface area contributed by atoms with Gasteiger partial charge in [-0.2, -0.15) is 0 Å². The van der Waals surface area contributed by atoms with Gasteiger partial charge in [-0.05, 0) is 41.8 Å². The molecule has 2 amide bonds. The molecule has 1 aliphatic rings. The lowest BCUT2D eigenvalue weighted by molar-refractivity contribution is -0.128. The topological polar surface area (TPSA) is 54.3 Å². The Labute approximate surface area is 210 Å². The number of thioether (sulfide) groups is 1. The predicted molar refractivity (Wildman–Crippen MR) is 144 cm³/mol. The summed E-state index contributed by atoms with van der Waals surface area (Å²) < 4.78 is 2.18. The zero-order chi connectivity index (χ0) is 24.0. The molecule has 2 heterocycles. The van der Waals surface area contributed by atoms with Crippen LogP contribution < -0.4 is 5.32 Å². The van der Waals surface area contributed by atoms with E-state index < -0.39 is 0 Å². The molecule has 6 heteroatoms. The highest BCUT2D eigenvalue weighted by molar-refractivity contribution is 8.00. The second-order valence-electron chi connectivity index (χ2n) is 9.11. The number of likely N-dealkylation sites (tertiary alicyclic amines) is 1. The molecule has 180 valence electrons. The third-order valence-electron chi connectivity index (χ3n) is 6.71. The molecule has 0 unspecified atom stereocenters. The Morgan fingerprint density at radius 2 is 1.60 bits per heavy atom. The van der Waals surface area contributed by atoms with Gasteiger partial charge < -0.3 is 14.8 Å². The minimum atomic E-state index is -0.0649. The van der Waals surface area contributed by atoms with Gasteiger partial charge in [0.2, 0.25) is 5.91 Å². The van der Waals surface area contributed by atoms with Crippen LogP contribution in [0, 0.1) is 0 Å². The van der Waals surface area contributed by atoms with Gasteiger partial charge in [0, 0.05) is 53.7 Å². The van der Waals surface area contributed by atoms with E-state index in [1.54, 1.807) is 11.8 Å². The fourth-order valence-corrected chi connectivity index (χ4v) is 5.78. The zero-order valence-electron chi connectivity index (χ0n) is 19.9. The highest BCUT2D eigenvalue weighted by Crippen LogP contribution is 2.30. The van der Waals surface area contributed by atoms with Gasteiger partial charge in [-0.25, -0.2) is 0 Å². The van der Waals surface area contributed by atoms with Gasteiger partial charge in [-0.1, -0.05) is 61.4 Å². The molecule has 0 bridgehead atoms. The largest absolute Gasteiger partial charge is 0.350 e. The van der Waals surface area contributed by atoms with Gasteiger partial charge >= 0.3 is 0 Å². The summed E-state index contributed by atoms with van der Waals surface area (Å²) in [5.74, 6) is 0.633. The Hall–Kier alpha value is -3.25. The van der Waals surface area contributed by atoms with E-state index in [4.69, 9.17) is 0 Å². The van der Waals surface area contributed by atoms with Crippen molar-refractivity contribution in [2.45, 2.75) is 37.1 Å². The number of nitrogens with zero attached hydrogens (tertiary/aromatic N) is 2. The summed E-state index contributed by atoms with van der Waals surface area (Å²) in [6, 6.07) is 22.1. The van der Waals surface area contributed by atoms with Crippen molar-refractivity contribution < 1.29 is 9.59 Å². The number of fused-ring (bicyclic) bond motifs is 2. The van der Waals surface area contributed by atoms with E-state index in [1.165, 1.54) is 12.8 Å². The van der Waals surface area contributed by atoms with Crippen LogP contribution >= 0.6 is 11.8 Å². The molecule has 4 aromatic rings. The summed E-state index contributed by atoms with van der Waals surface area (Å²) in [5.41, 5.74) is 1.79. The first-order valence-electron chi connectivity index (χ1n) is 12.4. The lowest BCUT2D eigenvalue weighted by Gasteiger charge is -2.19. The third kappa shape index (κ3) is 5.54. The van der Waals surface area contributed by atoms with Gasteiger partial charge in [0.25, 0.3) is 5.91 Å². The summed E-state index contributed by atoms with van der Waals surface area (Å²) in [4.78, 5) is 28.7. The average Bonchev–Trinajstić information content (AvgIpc) is 3.05. The molecule has 35 heavy (non-hydrogen) atoms. The van der Waals surface area contributed by atoms with E-state index in [1.807, 2.05) is 59.5 Å². The van der Waals surface area contributed by atoms with Gasteiger partial charge in [-0.3, -0.25) is 9.59 Å².